The van der Waals surface area contributed by atoms with Crippen molar-refractivity contribution >= 4 is 5.78 Å². The summed E-state index contributed by atoms with van der Waals surface area (Å²) in [5, 5.41) is 0. The number of Topliss-reactive ketones (excluding diaryl/α,β-unsaturated/α-hetero) is 1. The van der Waals surface area contributed by atoms with Crippen molar-refractivity contribution in [2.45, 2.75) is 38.4 Å². The molecule has 1 saturated carbocycles. The van der Waals surface area contributed by atoms with E-state index in [-0.39, 0.29) is 6.10 Å². The van der Waals surface area contributed by atoms with Crippen LogP contribution in [-0.2, 0) is 16.1 Å². The molecule has 2 rings (SSSR count). The normalized spacial score (nSPS) is 17.1. The van der Waals surface area contributed by atoms with E-state index in [1.54, 1.807) is 7.11 Å². The molecule has 17 heavy (non-hydrogen) atoms. The Balaban J connectivity index is 1.82. The van der Waals surface area contributed by atoms with Crippen LogP contribution in [0.25, 0.3) is 0 Å². The molecule has 0 radical (unpaired) electrons. The highest BCUT2D eigenvalue weighted by atomic mass is 16.5. The fourth-order valence-corrected chi connectivity index (χ4v) is 2.06. The number of hydrogen-bond acceptors (Lipinski definition) is 3. The molecule has 0 heterocycles. The largest absolute Gasteiger partial charge is 0.497 e. The van der Waals surface area contributed by atoms with Gasteiger partial charge in [-0.25, -0.2) is 0 Å². The molecule has 1 aliphatic rings. The fourth-order valence-electron chi connectivity index (χ4n) is 2.06. The quantitative estimate of drug-likeness (QED) is 0.803. The third kappa shape index (κ3) is 3.56. The summed E-state index contributed by atoms with van der Waals surface area (Å²) in [6.07, 6.45) is 3.30. The fraction of sp³-hybridized carbons (Fsp3) is 0.500. The second-order valence-corrected chi connectivity index (χ2v) is 4.40. The summed E-state index contributed by atoms with van der Waals surface area (Å²) < 4.78 is 11.0. The summed E-state index contributed by atoms with van der Waals surface area (Å²) in [4.78, 5) is 11.1. The zero-order chi connectivity index (χ0) is 12.1. The highest BCUT2D eigenvalue weighted by Crippen LogP contribution is 2.20. The van der Waals surface area contributed by atoms with E-state index in [0.717, 1.165) is 24.2 Å². The van der Waals surface area contributed by atoms with Crippen molar-refractivity contribution in [2.75, 3.05) is 7.11 Å². The average Bonchev–Trinajstić information content (AvgIpc) is 2.38. The average molecular weight is 234 g/mol. The molecule has 0 amide bonds. The number of methoxy groups -OCH3 is 1. The maximum Gasteiger partial charge on any atom is 0.133 e. The van der Waals surface area contributed by atoms with Crippen LogP contribution in [-0.4, -0.2) is 19.0 Å². The van der Waals surface area contributed by atoms with Crippen LogP contribution >= 0.6 is 0 Å². The first kappa shape index (κ1) is 12.1. The SMILES string of the molecule is COc1cccc(COC2CCC(=O)CC2)c1. The Morgan fingerprint density at radius 1 is 1.29 bits per heavy atom. The molecule has 0 aromatic heterocycles. The van der Waals surface area contributed by atoms with Crippen molar-refractivity contribution in [3.63, 3.8) is 0 Å². The minimum atomic E-state index is 0.235. The first-order chi connectivity index (χ1) is 8.28. The van der Waals surface area contributed by atoms with Crippen LogP contribution in [0.5, 0.6) is 5.75 Å². The molecule has 0 N–H and O–H groups in total. The number of ketones is 1. The van der Waals surface area contributed by atoms with Gasteiger partial charge < -0.3 is 9.47 Å². The number of carbonyl (C=O) groups is 1. The predicted molar refractivity (Wildman–Crippen MR) is 65.0 cm³/mol. The summed E-state index contributed by atoms with van der Waals surface area (Å²) in [5.74, 6) is 1.22. The van der Waals surface area contributed by atoms with Crippen LogP contribution in [0.1, 0.15) is 31.2 Å². The second-order valence-electron chi connectivity index (χ2n) is 4.40. The van der Waals surface area contributed by atoms with Gasteiger partial charge in [0.25, 0.3) is 0 Å². The van der Waals surface area contributed by atoms with Gasteiger partial charge in [0.05, 0.1) is 19.8 Å². The first-order valence-corrected chi connectivity index (χ1v) is 6.04. The molecule has 0 spiro atoms. The first-order valence-electron chi connectivity index (χ1n) is 6.04. The van der Waals surface area contributed by atoms with E-state index < -0.39 is 0 Å². The Kier molecular flexibility index (Phi) is 4.15. The lowest BCUT2D eigenvalue weighted by Crippen LogP contribution is -2.21. The Labute approximate surface area is 102 Å². The van der Waals surface area contributed by atoms with Gasteiger partial charge in [-0.2, -0.15) is 0 Å². The van der Waals surface area contributed by atoms with Crippen LogP contribution in [0.15, 0.2) is 24.3 Å². The molecule has 0 aliphatic heterocycles. The third-order valence-electron chi connectivity index (χ3n) is 3.11. The van der Waals surface area contributed by atoms with Gasteiger partial charge in [0.2, 0.25) is 0 Å². The van der Waals surface area contributed by atoms with E-state index in [4.69, 9.17) is 9.47 Å². The van der Waals surface area contributed by atoms with Gasteiger partial charge in [0, 0.05) is 12.8 Å². The monoisotopic (exact) mass is 234 g/mol. The molecule has 0 atom stereocenters. The lowest BCUT2D eigenvalue weighted by Gasteiger charge is -2.21. The zero-order valence-corrected chi connectivity index (χ0v) is 10.1. The lowest BCUT2D eigenvalue weighted by molar-refractivity contribution is -0.123. The standard InChI is InChI=1S/C14H18O3/c1-16-14-4-2-3-11(9-14)10-17-13-7-5-12(15)6-8-13/h2-4,9,13H,5-8,10H2,1H3. The minimum absolute atomic E-state index is 0.235. The third-order valence-corrected chi connectivity index (χ3v) is 3.11. The predicted octanol–water partition coefficient (Wildman–Crippen LogP) is 2.72. The maximum atomic E-state index is 11.1. The smallest absolute Gasteiger partial charge is 0.133 e. The number of carbonyl (C=O) groups excluding carboxylic acids is 1. The Hall–Kier alpha value is -1.35. The van der Waals surface area contributed by atoms with Gasteiger partial charge in [-0.1, -0.05) is 12.1 Å². The van der Waals surface area contributed by atoms with Crippen LogP contribution in [0, 0.1) is 0 Å². The van der Waals surface area contributed by atoms with E-state index in [1.807, 2.05) is 24.3 Å². The molecule has 1 fully saturated rings. The van der Waals surface area contributed by atoms with Crippen molar-refractivity contribution in [3.05, 3.63) is 29.8 Å². The molecule has 1 aromatic rings. The van der Waals surface area contributed by atoms with Crippen molar-refractivity contribution in [1.82, 2.24) is 0 Å². The lowest BCUT2D eigenvalue weighted by atomic mass is 9.96. The number of benzene rings is 1. The minimum Gasteiger partial charge on any atom is -0.497 e. The summed E-state index contributed by atoms with van der Waals surface area (Å²) in [6, 6.07) is 7.88. The van der Waals surface area contributed by atoms with Crippen molar-refractivity contribution < 1.29 is 14.3 Å². The van der Waals surface area contributed by atoms with E-state index in [1.165, 1.54) is 0 Å². The molecule has 1 aliphatic carbocycles. The van der Waals surface area contributed by atoms with E-state index in [0.29, 0.717) is 25.2 Å². The van der Waals surface area contributed by atoms with E-state index >= 15 is 0 Å². The van der Waals surface area contributed by atoms with Crippen molar-refractivity contribution in [3.8, 4) is 5.75 Å². The number of ether oxygens (including phenoxy) is 2. The summed E-state index contributed by atoms with van der Waals surface area (Å²) in [7, 11) is 1.66. The molecule has 3 heteroatoms. The highest BCUT2D eigenvalue weighted by molar-refractivity contribution is 5.79. The van der Waals surface area contributed by atoms with Gasteiger partial charge in [0.1, 0.15) is 11.5 Å². The molecule has 1 aromatic carbocycles. The van der Waals surface area contributed by atoms with Gasteiger partial charge in [0.15, 0.2) is 0 Å². The Morgan fingerprint density at radius 2 is 2.06 bits per heavy atom. The summed E-state index contributed by atoms with van der Waals surface area (Å²) in [5.41, 5.74) is 1.11. The number of hydrogen-bond donors (Lipinski definition) is 0. The Morgan fingerprint density at radius 3 is 2.76 bits per heavy atom. The van der Waals surface area contributed by atoms with Gasteiger partial charge >= 0.3 is 0 Å². The van der Waals surface area contributed by atoms with Gasteiger partial charge in [-0.05, 0) is 30.5 Å². The second kappa shape index (κ2) is 5.82. The highest BCUT2D eigenvalue weighted by Gasteiger charge is 2.18. The summed E-state index contributed by atoms with van der Waals surface area (Å²) in [6.45, 7) is 0.593. The maximum absolute atomic E-state index is 11.1. The molecule has 0 bridgehead atoms. The van der Waals surface area contributed by atoms with Gasteiger partial charge in [-0.3, -0.25) is 4.79 Å². The molecule has 0 saturated heterocycles. The molecule has 92 valence electrons. The topological polar surface area (TPSA) is 35.5 Å². The van der Waals surface area contributed by atoms with Gasteiger partial charge in [-0.15, -0.1) is 0 Å². The van der Waals surface area contributed by atoms with Crippen LogP contribution < -0.4 is 4.74 Å². The van der Waals surface area contributed by atoms with E-state index in [2.05, 4.69) is 0 Å². The molecule has 0 unspecified atom stereocenters. The molecule has 3 nitrogen and oxygen atoms in total. The zero-order valence-electron chi connectivity index (χ0n) is 10.1. The van der Waals surface area contributed by atoms with Crippen LogP contribution in [0.3, 0.4) is 0 Å². The Bertz CT molecular complexity index is 377. The van der Waals surface area contributed by atoms with Crippen molar-refractivity contribution in [1.29, 1.82) is 0 Å². The van der Waals surface area contributed by atoms with Crippen LogP contribution in [0.4, 0.5) is 0 Å². The van der Waals surface area contributed by atoms with Crippen LogP contribution in [0.2, 0.25) is 0 Å². The van der Waals surface area contributed by atoms with E-state index in [9.17, 15) is 4.79 Å². The number of rotatable bonds is 4. The summed E-state index contributed by atoms with van der Waals surface area (Å²) >= 11 is 0. The molecular weight excluding hydrogens is 216 g/mol. The molecular formula is C14H18O3. The van der Waals surface area contributed by atoms with Crippen molar-refractivity contribution in [2.24, 2.45) is 0 Å².